The van der Waals surface area contributed by atoms with Crippen LogP contribution in [0.5, 0.6) is 0 Å². The van der Waals surface area contributed by atoms with Crippen molar-refractivity contribution in [1.29, 1.82) is 0 Å². The summed E-state index contributed by atoms with van der Waals surface area (Å²) in [4.78, 5) is 0. The largest absolute Gasteiger partial charge is 0.347 e. The lowest BCUT2D eigenvalue weighted by molar-refractivity contribution is 0.532. The first-order chi connectivity index (χ1) is 10.8. The fraction of sp³-hybridized carbons (Fsp3) is 0.529. The molecule has 6 heteroatoms. The maximum Gasteiger partial charge on any atom is 0.215 e. The number of sulfonamides is 1. The summed E-state index contributed by atoms with van der Waals surface area (Å²) in [6.45, 7) is 7.21. The van der Waals surface area contributed by atoms with E-state index in [-0.39, 0.29) is 11.3 Å². The lowest BCUT2D eigenvalue weighted by atomic mass is 10.1. The van der Waals surface area contributed by atoms with Gasteiger partial charge in [0.05, 0.1) is 5.25 Å². The second kappa shape index (κ2) is 6.22. The van der Waals surface area contributed by atoms with Gasteiger partial charge in [-0.05, 0) is 43.4 Å². The Kier molecular flexibility index (Phi) is 4.60. The van der Waals surface area contributed by atoms with Gasteiger partial charge in [0.15, 0.2) is 0 Å². The van der Waals surface area contributed by atoms with Crippen molar-refractivity contribution in [2.24, 2.45) is 5.92 Å². The molecule has 0 spiro atoms. The normalized spacial score (nSPS) is 17.1. The minimum Gasteiger partial charge on any atom is -0.347 e. The van der Waals surface area contributed by atoms with Gasteiger partial charge in [-0.3, -0.25) is 0 Å². The van der Waals surface area contributed by atoms with Crippen molar-refractivity contribution in [3.8, 4) is 0 Å². The van der Waals surface area contributed by atoms with Crippen LogP contribution in [0.15, 0.2) is 28.9 Å². The first-order valence-corrected chi connectivity index (χ1v) is 10.4. The summed E-state index contributed by atoms with van der Waals surface area (Å²) in [6.07, 6.45) is 3.66. The van der Waals surface area contributed by atoms with E-state index in [1.807, 2.05) is 13.0 Å². The number of fused-ring (bicyclic) bond motifs is 1. The monoisotopic (exact) mass is 398 g/mol. The Labute approximate surface area is 146 Å². The summed E-state index contributed by atoms with van der Waals surface area (Å²) in [7, 11) is -3.19. The van der Waals surface area contributed by atoms with Gasteiger partial charge in [0.25, 0.3) is 0 Å². The number of aromatic nitrogens is 1. The van der Waals surface area contributed by atoms with E-state index in [0.29, 0.717) is 5.92 Å². The van der Waals surface area contributed by atoms with Crippen LogP contribution in [0.1, 0.15) is 45.2 Å². The highest BCUT2D eigenvalue weighted by Gasteiger charge is 2.36. The van der Waals surface area contributed by atoms with Crippen molar-refractivity contribution < 1.29 is 8.42 Å². The highest BCUT2D eigenvalue weighted by atomic mass is 79.9. The maximum absolute atomic E-state index is 12.2. The summed E-state index contributed by atoms with van der Waals surface area (Å²) in [5, 5.41) is 0.919. The zero-order valence-corrected chi connectivity index (χ0v) is 16.1. The van der Waals surface area contributed by atoms with Gasteiger partial charge in [0, 0.05) is 34.2 Å². The molecule has 0 aliphatic heterocycles. The third kappa shape index (κ3) is 3.64. The first-order valence-electron chi connectivity index (χ1n) is 8.07. The Morgan fingerprint density at radius 1 is 1.30 bits per heavy atom. The lowest BCUT2D eigenvalue weighted by Crippen LogP contribution is -2.29. The molecule has 1 aliphatic carbocycles. The number of nitrogens with one attached hydrogen (secondary N) is 1. The number of rotatable bonds is 6. The molecule has 4 nitrogen and oxygen atoms in total. The van der Waals surface area contributed by atoms with Crippen LogP contribution in [0.2, 0.25) is 0 Å². The molecular weight excluding hydrogens is 376 g/mol. The topological polar surface area (TPSA) is 51.1 Å². The lowest BCUT2D eigenvalue weighted by Gasteiger charge is -2.13. The standard InChI is InChI=1S/C17H23BrN2O2S/c1-11(2)9-20-10-16(15-7-4-13(18)8-17(15)20)12(3)19-23(21,22)14-5-6-14/h4,7-8,10-12,14,19H,5-6,9H2,1-3H3/t12-/m1/s1. The quantitative estimate of drug-likeness (QED) is 0.792. The second-order valence-electron chi connectivity index (χ2n) is 6.88. The summed E-state index contributed by atoms with van der Waals surface area (Å²) in [5.74, 6) is 0.524. The van der Waals surface area contributed by atoms with Crippen LogP contribution < -0.4 is 4.72 Å². The van der Waals surface area contributed by atoms with Crippen molar-refractivity contribution in [3.63, 3.8) is 0 Å². The van der Waals surface area contributed by atoms with Gasteiger partial charge < -0.3 is 4.57 Å². The Balaban J connectivity index is 1.99. The summed E-state index contributed by atoms with van der Waals surface area (Å²) in [6, 6.07) is 5.95. The van der Waals surface area contributed by atoms with E-state index in [9.17, 15) is 8.42 Å². The number of halogens is 1. The number of hydrogen-bond acceptors (Lipinski definition) is 2. The van der Waals surface area contributed by atoms with E-state index in [2.05, 4.69) is 57.4 Å². The van der Waals surface area contributed by atoms with Crippen molar-refractivity contribution in [2.45, 2.75) is 51.4 Å². The van der Waals surface area contributed by atoms with E-state index in [0.717, 1.165) is 40.3 Å². The molecule has 1 saturated carbocycles. The number of benzene rings is 1. The van der Waals surface area contributed by atoms with Crippen LogP contribution in [0.25, 0.3) is 10.9 Å². The predicted molar refractivity (Wildman–Crippen MR) is 98.0 cm³/mol. The Morgan fingerprint density at radius 2 is 2.00 bits per heavy atom. The molecule has 1 N–H and O–H groups in total. The van der Waals surface area contributed by atoms with E-state index >= 15 is 0 Å². The molecule has 23 heavy (non-hydrogen) atoms. The smallest absolute Gasteiger partial charge is 0.215 e. The zero-order chi connectivity index (χ0) is 16.8. The predicted octanol–water partition coefficient (Wildman–Crippen LogP) is 4.20. The molecule has 1 aromatic carbocycles. The highest BCUT2D eigenvalue weighted by molar-refractivity contribution is 9.10. The molecule has 1 fully saturated rings. The average Bonchev–Trinajstić information content (AvgIpc) is 3.23. The molecule has 1 aliphatic rings. The molecule has 1 aromatic heterocycles. The van der Waals surface area contributed by atoms with E-state index in [1.54, 1.807) is 0 Å². The molecule has 126 valence electrons. The molecule has 0 saturated heterocycles. The van der Waals surface area contributed by atoms with Crippen LogP contribution in [-0.4, -0.2) is 18.2 Å². The second-order valence-corrected chi connectivity index (χ2v) is 9.78. The molecular formula is C17H23BrN2O2S. The molecule has 0 unspecified atom stereocenters. The minimum atomic E-state index is -3.19. The van der Waals surface area contributed by atoms with Gasteiger partial charge >= 0.3 is 0 Å². The summed E-state index contributed by atoms with van der Waals surface area (Å²) < 4.78 is 30.6. The van der Waals surface area contributed by atoms with Gasteiger partial charge in [-0.25, -0.2) is 13.1 Å². The molecule has 3 rings (SSSR count). The Hall–Kier alpha value is -0.850. The van der Waals surface area contributed by atoms with Crippen molar-refractivity contribution in [1.82, 2.24) is 9.29 Å². The molecule has 1 heterocycles. The van der Waals surface area contributed by atoms with Crippen LogP contribution in [0, 0.1) is 5.92 Å². The van der Waals surface area contributed by atoms with Crippen molar-refractivity contribution in [3.05, 3.63) is 34.4 Å². The van der Waals surface area contributed by atoms with Crippen molar-refractivity contribution in [2.75, 3.05) is 0 Å². The van der Waals surface area contributed by atoms with Gasteiger partial charge in [-0.1, -0.05) is 35.8 Å². The fourth-order valence-corrected chi connectivity index (χ4v) is 4.89. The molecule has 2 aromatic rings. The van der Waals surface area contributed by atoms with Gasteiger partial charge in [-0.15, -0.1) is 0 Å². The summed E-state index contributed by atoms with van der Waals surface area (Å²) in [5.41, 5.74) is 2.18. The highest BCUT2D eigenvalue weighted by Crippen LogP contribution is 2.32. The number of nitrogens with zero attached hydrogens (tertiary/aromatic N) is 1. The van der Waals surface area contributed by atoms with Crippen LogP contribution >= 0.6 is 15.9 Å². The van der Waals surface area contributed by atoms with Gasteiger partial charge in [0.2, 0.25) is 10.0 Å². The molecule has 1 atom stereocenters. The third-order valence-corrected chi connectivity index (χ3v) is 6.73. The molecule has 0 amide bonds. The SMILES string of the molecule is CC(C)Cn1cc([C@@H](C)NS(=O)(=O)C2CC2)c2ccc(Br)cc21. The van der Waals surface area contributed by atoms with E-state index in [1.165, 1.54) is 0 Å². The van der Waals surface area contributed by atoms with Crippen LogP contribution in [0.4, 0.5) is 0 Å². The van der Waals surface area contributed by atoms with Gasteiger partial charge in [-0.2, -0.15) is 0 Å². The molecule has 0 bridgehead atoms. The third-order valence-electron chi connectivity index (χ3n) is 4.21. The van der Waals surface area contributed by atoms with Crippen LogP contribution in [-0.2, 0) is 16.6 Å². The van der Waals surface area contributed by atoms with Crippen LogP contribution in [0.3, 0.4) is 0 Å². The van der Waals surface area contributed by atoms with E-state index < -0.39 is 10.0 Å². The average molecular weight is 399 g/mol. The van der Waals surface area contributed by atoms with Crippen molar-refractivity contribution >= 4 is 36.9 Å². The Morgan fingerprint density at radius 3 is 2.61 bits per heavy atom. The first kappa shape index (κ1) is 17.0. The Bertz CT molecular complexity index is 822. The maximum atomic E-state index is 12.2. The fourth-order valence-electron chi connectivity index (χ4n) is 2.97. The zero-order valence-electron chi connectivity index (χ0n) is 13.7. The summed E-state index contributed by atoms with van der Waals surface area (Å²) >= 11 is 3.53. The molecule has 0 radical (unpaired) electrons. The number of hydrogen-bond donors (Lipinski definition) is 1. The minimum absolute atomic E-state index is 0.192. The van der Waals surface area contributed by atoms with Gasteiger partial charge in [0.1, 0.15) is 0 Å². The van der Waals surface area contributed by atoms with E-state index in [4.69, 9.17) is 0 Å².